The van der Waals surface area contributed by atoms with Crippen LogP contribution in [0.2, 0.25) is 5.02 Å². The first-order valence-electron chi connectivity index (χ1n) is 9.34. The second-order valence-electron chi connectivity index (χ2n) is 7.75. The van der Waals surface area contributed by atoms with Gasteiger partial charge in [0.25, 0.3) is 5.91 Å². The number of nitrogens with zero attached hydrogens (tertiary/aromatic N) is 5. The van der Waals surface area contributed by atoms with Gasteiger partial charge in [0.2, 0.25) is 11.8 Å². The van der Waals surface area contributed by atoms with Crippen molar-refractivity contribution in [3.63, 3.8) is 0 Å². The Labute approximate surface area is 173 Å². The summed E-state index contributed by atoms with van der Waals surface area (Å²) in [6.45, 7) is 0.632. The molecule has 152 valence electrons. The van der Waals surface area contributed by atoms with Crippen molar-refractivity contribution in [1.82, 2.24) is 19.6 Å². The molecule has 1 atom stereocenters. The third-order valence-electron chi connectivity index (χ3n) is 5.70. The van der Waals surface area contributed by atoms with E-state index in [2.05, 4.69) is 5.10 Å². The number of rotatable bonds is 3. The molecule has 3 heterocycles. The number of anilines is 1. The Morgan fingerprint density at radius 1 is 1.28 bits per heavy atom. The third kappa shape index (κ3) is 2.98. The molecule has 3 amide bonds. The Bertz CT molecular complexity index is 1020. The average Bonchev–Trinajstić information content (AvgIpc) is 3.34. The van der Waals surface area contributed by atoms with Crippen molar-refractivity contribution >= 4 is 35.0 Å². The molecule has 0 saturated carbocycles. The molecule has 1 aromatic carbocycles. The molecule has 2 aliphatic heterocycles. The predicted octanol–water partition coefficient (Wildman–Crippen LogP) is 1.29. The van der Waals surface area contributed by atoms with E-state index in [9.17, 15) is 14.4 Å². The van der Waals surface area contributed by atoms with Crippen LogP contribution in [0.1, 0.15) is 22.5 Å². The SMILES string of the molecule is CN(C)C(=O)CN1C(=O)C2(CCN(C(=O)c3nn(C)cc3Cl)C2)c2ccccc21. The topological polar surface area (TPSA) is 78.8 Å². The van der Waals surface area contributed by atoms with E-state index in [4.69, 9.17) is 11.6 Å². The van der Waals surface area contributed by atoms with Crippen LogP contribution in [0.25, 0.3) is 0 Å². The lowest BCUT2D eigenvalue weighted by Gasteiger charge is -2.25. The molecule has 0 radical (unpaired) electrons. The molecular formula is C20H22ClN5O3. The van der Waals surface area contributed by atoms with Gasteiger partial charge in [-0.2, -0.15) is 5.10 Å². The Balaban J connectivity index is 1.66. The van der Waals surface area contributed by atoms with E-state index < -0.39 is 5.41 Å². The Morgan fingerprint density at radius 3 is 2.66 bits per heavy atom. The first-order valence-corrected chi connectivity index (χ1v) is 9.72. The van der Waals surface area contributed by atoms with Gasteiger partial charge in [0.05, 0.1) is 10.4 Å². The van der Waals surface area contributed by atoms with Gasteiger partial charge in [0.1, 0.15) is 6.54 Å². The van der Waals surface area contributed by atoms with Crippen LogP contribution in [0.15, 0.2) is 30.5 Å². The monoisotopic (exact) mass is 415 g/mol. The van der Waals surface area contributed by atoms with Gasteiger partial charge in [-0.05, 0) is 18.1 Å². The van der Waals surface area contributed by atoms with E-state index in [-0.39, 0.29) is 41.5 Å². The maximum atomic E-state index is 13.5. The highest BCUT2D eigenvalue weighted by Gasteiger charge is 2.55. The Hall–Kier alpha value is -2.87. The van der Waals surface area contributed by atoms with Crippen LogP contribution in [0.3, 0.4) is 0 Å². The lowest BCUT2D eigenvalue weighted by Crippen LogP contribution is -2.46. The van der Waals surface area contributed by atoms with Crippen molar-refractivity contribution < 1.29 is 14.4 Å². The van der Waals surface area contributed by atoms with Gasteiger partial charge in [0, 0.05) is 46.1 Å². The molecule has 1 aromatic heterocycles. The summed E-state index contributed by atoms with van der Waals surface area (Å²) >= 11 is 6.14. The number of carbonyl (C=O) groups excluding carboxylic acids is 3. The molecule has 2 aromatic rings. The molecule has 9 heteroatoms. The van der Waals surface area contributed by atoms with Gasteiger partial charge in [-0.25, -0.2) is 0 Å². The normalized spacial score (nSPS) is 20.5. The minimum Gasteiger partial charge on any atom is -0.347 e. The van der Waals surface area contributed by atoms with E-state index in [1.165, 1.54) is 9.58 Å². The number of fused-ring (bicyclic) bond motifs is 2. The van der Waals surface area contributed by atoms with Crippen LogP contribution in [0.4, 0.5) is 5.69 Å². The smallest absolute Gasteiger partial charge is 0.275 e. The molecule has 29 heavy (non-hydrogen) atoms. The highest BCUT2D eigenvalue weighted by molar-refractivity contribution is 6.33. The molecule has 0 bridgehead atoms. The van der Waals surface area contributed by atoms with Gasteiger partial charge >= 0.3 is 0 Å². The van der Waals surface area contributed by atoms with Gasteiger partial charge in [-0.15, -0.1) is 0 Å². The number of aryl methyl sites for hydroxylation is 1. The van der Waals surface area contributed by atoms with Crippen molar-refractivity contribution in [2.75, 3.05) is 38.6 Å². The minimum atomic E-state index is -0.847. The van der Waals surface area contributed by atoms with Crippen molar-refractivity contribution in [2.45, 2.75) is 11.8 Å². The molecule has 1 fully saturated rings. The first-order chi connectivity index (χ1) is 13.7. The number of likely N-dealkylation sites (N-methyl/N-ethyl adjacent to an activating group) is 1. The maximum Gasteiger partial charge on any atom is 0.275 e. The zero-order chi connectivity index (χ0) is 20.9. The number of halogens is 1. The van der Waals surface area contributed by atoms with Crippen molar-refractivity contribution in [1.29, 1.82) is 0 Å². The molecule has 2 aliphatic rings. The summed E-state index contributed by atoms with van der Waals surface area (Å²) in [5.74, 6) is -0.590. The number of carbonyl (C=O) groups is 3. The van der Waals surface area contributed by atoms with Gasteiger partial charge < -0.3 is 14.7 Å². The fourth-order valence-electron chi connectivity index (χ4n) is 4.16. The predicted molar refractivity (Wildman–Crippen MR) is 108 cm³/mol. The van der Waals surface area contributed by atoms with Gasteiger partial charge in [-0.3, -0.25) is 19.1 Å². The van der Waals surface area contributed by atoms with Crippen LogP contribution in [0, 0.1) is 0 Å². The second kappa shape index (κ2) is 6.88. The third-order valence-corrected chi connectivity index (χ3v) is 5.98. The maximum absolute atomic E-state index is 13.5. The number of hydrogen-bond acceptors (Lipinski definition) is 4. The van der Waals surface area contributed by atoms with Crippen molar-refractivity contribution in [3.8, 4) is 0 Å². The number of likely N-dealkylation sites (tertiary alicyclic amines) is 1. The molecule has 1 unspecified atom stereocenters. The molecule has 0 aliphatic carbocycles. The lowest BCUT2D eigenvalue weighted by molar-refractivity contribution is -0.130. The highest BCUT2D eigenvalue weighted by atomic mass is 35.5. The molecule has 4 rings (SSSR count). The van der Waals surface area contributed by atoms with Crippen LogP contribution < -0.4 is 4.90 Å². The van der Waals surface area contributed by atoms with Crippen molar-refractivity contribution in [3.05, 3.63) is 46.7 Å². The number of hydrogen-bond donors (Lipinski definition) is 0. The molecule has 1 spiro atoms. The summed E-state index contributed by atoms with van der Waals surface area (Å²) in [5, 5.41) is 4.44. The summed E-state index contributed by atoms with van der Waals surface area (Å²) in [6.07, 6.45) is 2.07. The number of benzene rings is 1. The fourth-order valence-corrected chi connectivity index (χ4v) is 4.42. The standard InChI is InChI=1S/C20H22ClN5O3/c1-23(2)16(27)11-26-15-7-5-4-6-13(15)20(19(26)29)8-9-25(12-20)18(28)17-14(21)10-24(3)22-17/h4-7,10H,8-9,11-12H2,1-3H3. The van der Waals surface area contributed by atoms with E-state index in [0.29, 0.717) is 13.0 Å². The zero-order valence-electron chi connectivity index (χ0n) is 16.6. The van der Waals surface area contributed by atoms with E-state index in [1.807, 2.05) is 24.3 Å². The highest BCUT2D eigenvalue weighted by Crippen LogP contribution is 2.47. The van der Waals surface area contributed by atoms with E-state index >= 15 is 0 Å². The summed E-state index contributed by atoms with van der Waals surface area (Å²) in [7, 11) is 5.03. The van der Waals surface area contributed by atoms with Gasteiger partial charge in [0.15, 0.2) is 5.69 Å². The fraction of sp³-hybridized carbons (Fsp3) is 0.400. The quantitative estimate of drug-likeness (QED) is 0.756. The second-order valence-corrected chi connectivity index (χ2v) is 8.16. The van der Waals surface area contributed by atoms with E-state index in [1.54, 1.807) is 37.1 Å². The zero-order valence-corrected chi connectivity index (χ0v) is 17.3. The van der Waals surface area contributed by atoms with Crippen molar-refractivity contribution in [2.24, 2.45) is 7.05 Å². The summed E-state index contributed by atoms with van der Waals surface area (Å²) in [5.41, 5.74) is 0.932. The Kier molecular flexibility index (Phi) is 4.61. The van der Waals surface area contributed by atoms with Crippen LogP contribution >= 0.6 is 11.6 Å². The van der Waals surface area contributed by atoms with Crippen LogP contribution in [0.5, 0.6) is 0 Å². The van der Waals surface area contributed by atoms with Crippen LogP contribution in [-0.2, 0) is 22.1 Å². The number of amides is 3. The Morgan fingerprint density at radius 2 is 2.00 bits per heavy atom. The van der Waals surface area contributed by atoms with Crippen LogP contribution in [-0.4, -0.2) is 71.0 Å². The summed E-state index contributed by atoms with van der Waals surface area (Å²) in [6, 6.07) is 7.50. The first kappa shape index (κ1) is 19.4. The molecular weight excluding hydrogens is 394 g/mol. The molecule has 1 saturated heterocycles. The lowest BCUT2D eigenvalue weighted by atomic mass is 9.81. The molecule has 0 N–H and O–H groups in total. The summed E-state index contributed by atoms with van der Waals surface area (Å²) < 4.78 is 1.49. The van der Waals surface area contributed by atoms with E-state index in [0.717, 1.165) is 11.3 Å². The largest absolute Gasteiger partial charge is 0.347 e. The molecule has 8 nitrogen and oxygen atoms in total. The minimum absolute atomic E-state index is 0.0232. The summed E-state index contributed by atoms with van der Waals surface area (Å²) in [4.78, 5) is 43.4. The van der Waals surface area contributed by atoms with Gasteiger partial charge in [-0.1, -0.05) is 29.8 Å². The average molecular weight is 416 g/mol. The number of aromatic nitrogens is 2. The number of para-hydroxylation sites is 1.